The van der Waals surface area contributed by atoms with Gasteiger partial charge < -0.3 is 10.2 Å². The van der Waals surface area contributed by atoms with E-state index in [9.17, 15) is 10.2 Å². The highest BCUT2D eigenvalue weighted by Crippen LogP contribution is 2.89. The van der Waals surface area contributed by atoms with E-state index in [0.717, 1.165) is 24.2 Å². The summed E-state index contributed by atoms with van der Waals surface area (Å²) in [6, 6.07) is 0. The fraction of sp³-hybridized carbons (Fsp3) is 0.933. The fourth-order valence-corrected chi connectivity index (χ4v) is 11.2. The molecule has 0 aromatic carbocycles. The monoisotopic (exact) mass is 442 g/mol. The van der Waals surface area contributed by atoms with E-state index in [1.807, 2.05) is 0 Å². The number of hydrogen-bond donors (Lipinski definition) is 2. The Hall–Kier alpha value is -0.340. The summed E-state index contributed by atoms with van der Waals surface area (Å²) in [7, 11) is 0. The van der Waals surface area contributed by atoms with Crippen LogP contribution in [0.4, 0.5) is 0 Å². The van der Waals surface area contributed by atoms with Gasteiger partial charge in [-0.25, -0.2) is 0 Å². The van der Waals surface area contributed by atoms with Gasteiger partial charge in [0, 0.05) is 0 Å². The second-order valence-corrected chi connectivity index (χ2v) is 14.5. The fourth-order valence-electron chi connectivity index (χ4n) is 11.2. The number of allylic oxidation sites excluding steroid dienone is 2. The molecule has 0 aliphatic heterocycles. The molecular formula is C30H50O2. The molecule has 5 saturated carbocycles. The maximum Gasteiger partial charge on any atom is 0.0852 e. The number of aliphatic hydroxyl groups is 2. The Balaban J connectivity index is 1.42. The van der Waals surface area contributed by atoms with Crippen LogP contribution in [0, 0.1) is 50.7 Å². The molecule has 2 N–H and O–H groups in total. The highest BCUT2D eigenvalue weighted by Gasteiger charge is 2.82. The SMILES string of the molecule is CC(C)=CCC[C@@H](C)[C@H]1CC[C@@]2(C)[C@@H]3CC[C@H]4C(C)(C)[C@@H](O)[C@H](O)C[C@@]45C[C@@]35CC[C@]12C. The third-order valence-electron chi connectivity index (χ3n) is 13.0. The van der Waals surface area contributed by atoms with Crippen LogP contribution in [0.3, 0.4) is 0 Å². The van der Waals surface area contributed by atoms with E-state index >= 15 is 0 Å². The molecular weight excluding hydrogens is 392 g/mol. The minimum Gasteiger partial charge on any atom is -0.390 e. The molecule has 5 aliphatic carbocycles. The van der Waals surface area contributed by atoms with Gasteiger partial charge in [0.05, 0.1) is 12.2 Å². The van der Waals surface area contributed by atoms with E-state index in [0.29, 0.717) is 27.6 Å². The molecule has 182 valence electrons. The Morgan fingerprint density at radius 2 is 1.59 bits per heavy atom. The van der Waals surface area contributed by atoms with Crippen LogP contribution < -0.4 is 0 Å². The summed E-state index contributed by atoms with van der Waals surface area (Å²) in [5.41, 5.74) is 2.95. The Kier molecular flexibility index (Phi) is 5.19. The Labute approximate surface area is 197 Å². The van der Waals surface area contributed by atoms with Crippen molar-refractivity contribution in [2.75, 3.05) is 0 Å². The second-order valence-electron chi connectivity index (χ2n) is 14.5. The molecule has 0 aromatic rings. The van der Waals surface area contributed by atoms with E-state index in [-0.39, 0.29) is 5.41 Å². The first kappa shape index (κ1) is 23.4. The van der Waals surface area contributed by atoms with Gasteiger partial charge in [0.1, 0.15) is 0 Å². The zero-order chi connectivity index (χ0) is 23.3. The lowest BCUT2D eigenvalue weighted by Crippen LogP contribution is -2.60. The summed E-state index contributed by atoms with van der Waals surface area (Å²) in [6.07, 6.45) is 14.3. The first-order valence-corrected chi connectivity index (χ1v) is 13.9. The number of fused-ring (bicyclic) bond motifs is 2. The predicted molar refractivity (Wildman–Crippen MR) is 132 cm³/mol. The summed E-state index contributed by atoms with van der Waals surface area (Å²) >= 11 is 0. The highest BCUT2D eigenvalue weighted by atomic mass is 16.3. The molecule has 32 heavy (non-hydrogen) atoms. The molecule has 2 nitrogen and oxygen atoms in total. The molecule has 2 heteroatoms. The molecule has 10 atom stereocenters. The Bertz CT molecular complexity index is 795. The molecule has 0 bridgehead atoms. The average molecular weight is 443 g/mol. The zero-order valence-electron chi connectivity index (χ0n) is 22.0. The van der Waals surface area contributed by atoms with Gasteiger partial charge in [0.15, 0.2) is 0 Å². The standard InChI is InChI=1S/C30H50O2/c1-19(2)9-8-10-20(3)21-13-14-28(7)24-12-11-23-26(4,5)25(32)22(31)17-30(23)18-29(24,30)16-15-27(21,28)6/h9,20-25,31-32H,8,10-18H2,1-7H3/t20-,21-,22-,23+,24+,25+,27-,28+,29+,30-/m1/s1. The number of aliphatic hydroxyl groups excluding tert-OH is 2. The van der Waals surface area contributed by atoms with Crippen LogP contribution in [0.5, 0.6) is 0 Å². The largest absolute Gasteiger partial charge is 0.390 e. The van der Waals surface area contributed by atoms with Crippen molar-refractivity contribution in [1.82, 2.24) is 0 Å². The van der Waals surface area contributed by atoms with E-state index in [4.69, 9.17) is 0 Å². The van der Waals surface area contributed by atoms with Crippen molar-refractivity contribution >= 4 is 0 Å². The third kappa shape index (κ3) is 2.72. The lowest BCUT2D eigenvalue weighted by atomic mass is 9.41. The minimum absolute atomic E-state index is 0.161. The summed E-state index contributed by atoms with van der Waals surface area (Å²) in [5, 5.41) is 21.8. The van der Waals surface area contributed by atoms with Crippen LogP contribution >= 0.6 is 0 Å². The predicted octanol–water partition coefficient (Wildman–Crippen LogP) is 7.14. The van der Waals surface area contributed by atoms with Crippen LogP contribution in [0.1, 0.15) is 113 Å². The van der Waals surface area contributed by atoms with Crippen molar-refractivity contribution in [1.29, 1.82) is 0 Å². The second kappa shape index (κ2) is 7.09. The van der Waals surface area contributed by atoms with Gasteiger partial charge in [-0.3, -0.25) is 0 Å². The van der Waals surface area contributed by atoms with Crippen molar-refractivity contribution in [2.45, 2.75) is 125 Å². The summed E-state index contributed by atoms with van der Waals surface area (Å²) < 4.78 is 0. The van der Waals surface area contributed by atoms with Gasteiger partial charge in [-0.1, -0.05) is 46.3 Å². The van der Waals surface area contributed by atoms with Crippen molar-refractivity contribution in [2.24, 2.45) is 50.7 Å². The van der Waals surface area contributed by atoms with Crippen LogP contribution in [0.2, 0.25) is 0 Å². The first-order valence-electron chi connectivity index (χ1n) is 13.9. The zero-order valence-corrected chi connectivity index (χ0v) is 22.0. The maximum absolute atomic E-state index is 10.9. The molecule has 5 aliphatic rings. The van der Waals surface area contributed by atoms with Crippen LogP contribution in [-0.4, -0.2) is 22.4 Å². The van der Waals surface area contributed by atoms with Gasteiger partial charge in [0.25, 0.3) is 0 Å². The molecule has 2 spiro atoms. The summed E-state index contributed by atoms with van der Waals surface area (Å²) in [6.45, 7) is 16.8. The number of rotatable bonds is 4. The minimum atomic E-state index is -0.561. The Morgan fingerprint density at radius 1 is 0.906 bits per heavy atom. The average Bonchev–Trinajstić information content (AvgIpc) is 3.27. The van der Waals surface area contributed by atoms with Crippen LogP contribution in [-0.2, 0) is 0 Å². The van der Waals surface area contributed by atoms with Gasteiger partial charge in [-0.15, -0.1) is 0 Å². The first-order chi connectivity index (χ1) is 14.9. The lowest BCUT2D eigenvalue weighted by molar-refractivity contribution is -0.191. The summed E-state index contributed by atoms with van der Waals surface area (Å²) in [5.74, 6) is 3.07. The van der Waals surface area contributed by atoms with Crippen molar-refractivity contribution in [3.63, 3.8) is 0 Å². The van der Waals surface area contributed by atoms with Crippen molar-refractivity contribution in [3.05, 3.63) is 11.6 Å². The molecule has 5 rings (SSSR count). The van der Waals surface area contributed by atoms with Crippen LogP contribution in [0.15, 0.2) is 11.6 Å². The van der Waals surface area contributed by atoms with E-state index in [1.165, 1.54) is 63.4 Å². The van der Waals surface area contributed by atoms with Gasteiger partial charge in [-0.2, -0.15) is 0 Å². The smallest absolute Gasteiger partial charge is 0.0852 e. The molecule has 0 unspecified atom stereocenters. The molecule has 0 radical (unpaired) electrons. The van der Waals surface area contributed by atoms with E-state index < -0.39 is 12.2 Å². The topological polar surface area (TPSA) is 40.5 Å². The molecule has 0 amide bonds. The van der Waals surface area contributed by atoms with Gasteiger partial charge >= 0.3 is 0 Å². The lowest BCUT2D eigenvalue weighted by Gasteiger charge is -2.63. The normalized spacial score (nSPS) is 54.0. The molecule has 5 fully saturated rings. The molecule has 0 aromatic heterocycles. The van der Waals surface area contributed by atoms with Crippen molar-refractivity contribution in [3.8, 4) is 0 Å². The van der Waals surface area contributed by atoms with Gasteiger partial charge in [0.2, 0.25) is 0 Å². The van der Waals surface area contributed by atoms with E-state index in [1.54, 1.807) is 0 Å². The molecule has 0 saturated heterocycles. The van der Waals surface area contributed by atoms with Crippen LogP contribution in [0.25, 0.3) is 0 Å². The highest BCUT2D eigenvalue weighted by molar-refractivity contribution is 5.31. The van der Waals surface area contributed by atoms with Crippen molar-refractivity contribution < 1.29 is 10.2 Å². The van der Waals surface area contributed by atoms with E-state index in [2.05, 4.69) is 54.5 Å². The molecule has 0 heterocycles. The maximum atomic E-state index is 10.9. The quantitative estimate of drug-likeness (QED) is 0.454. The third-order valence-corrected chi connectivity index (χ3v) is 13.0. The summed E-state index contributed by atoms with van der Waals surface area (Å²) in [4.78, 5) is 0. The number of hydrogen-bond acceptors (Lipinski definition) is 2. The Morgan fingerprint density at radius 3 is 2.28 bits per heavy atom. The van der Waals surface area contributed by atoms with Gasteiger partial charge in [-0.05, 0) is 129 Å².